The molecule has 0 aromatic carbocycles. The summed E-state index contributed by atoms with van der Waals surface area (Å²) >= 11 is 1.36. The van der Waals surface area contributed by atoms with E-state index in [-0.39, 0.29) is 12.0 Å². The van der Waals surface area contributed by atoms with Crippen molar-refractivity contribution >= 4 is 35.2 Å². The van der Waals surface area contributed by atoms with Gasteiger partial charge >= 0.3 is 6.09 Å². The first kappa shape index (κ1) is 18.2. The summed E-state index contributed by atoms with van der Waals surface area (Å²) in [7, 11) is 0. The monoisotopic (exact) mass is 378 g/mol. The van der Waals surface area contributed by atoms with Crippen LogP contribution in [-0.4, -0.2) is 63.9 Å². The van der Waals surface area contributed by atoms with E-state index >= 15 is 0 Å². The minimum atomic E-state index is -0.506. The van der Waals surface area contributed by atoms with Crippen LogP contribution in [0.1, 0.15) is 30.4 Å². The number of carbonyl (C=O) groups is 2. The summed E-state index contributed by atoms with van der Waals surface area (Å²) in [4.78, 5) is 32.7. The van der Waals surface area contributed by atoms with E-state index in [0.29, 0.717) is 43.0 Å². The maximum Gasteiger partial charge on any atom is 0.410 e. The first-order valence-corrected chi connectivity index (χ1v) is 9.20. The molecule has 0 spiro atoms. The fourth-order valence-corrected chi connectivity index (χ4v) is 3.06. The van der Waals surface area contributed by atoms with Crippen LogP contribution < -0.4 is 10.2 Å². The fraction of sp³-hybridized carbons (Fsp3) is 0.500. The molecule has 2 amide bonds. The molecule has 9 nitrogen and oxygen atoms in total. The van der Waals surface area contributed by atoms with Crippen molar-refractivity contribution in [1.29, 1.82) is 0 Å². The molecular formula is C16H22N6O3S. The molecule has 2 aromatic rings. The second-order valence-corrected chi connectivity index (χ2v) is 7.82. The third-order valence-corrected chi connectivity index (χ3v) is 4.53. The highest BCUT2D eigenvalue weighted by molar-refractivity contribution is 7.12. The Balaban J connectivity index is 1.53. The lowest BCUT2D eigenvalue weighted by Gasteiger charge is -2.35. The molecule has 140 valence electrons. The van der Waals surface area contributed by atoms with E-state index in [1.807, 2.05) is 37.1 Å². The molecular weight excluding hydrogens is 356 g/mol. The van der Waals surface area contributed by atoms with Crippen molar-refractivity contribution < 1.29 is 14.3 Å². The minimum Gasteiger partial charge on any atom is -0.444 e. The lowest BCUT2D eigenvalue weighted by molar-refractivity contribution is 0.0240. The smallest absolute Gasteiger partial charge is 0.410 e. The Morgan fingerprint density at radius 1 is 1.27 bits per heavy atom. The maximum absolute atomic E-state index is 12.1. The molecule has 0 saturated carbocycles. The van der Waals surface area contributed by atoms with E-state index in [1.165, 1.54) is 11.3 Å². The Morgan fingerprint density at radius 3 is 2.62 bits per heavy atom. The lowest BCUT2D eigenvalue weighted by atomic mass is 10.2. The van der Waals surface area contributed by atoms with Crippen molar-refractivity contribution in [3.05, 3.63) is 22.4 Å². The van der Waals surface area contributed by atoms with Crippen LogP contribution in [0.4, 0.5) is 16.7 Å². The van der Waals surface area contributed by atoms with Crippen LogP contribution in [0.3, 0.4) is 0 Å². The van der Waals surface area contributed by atoms with E-state index in [2.05, 4.69) is 20.5 Å². The van der Waals surface area contributed by atoms with Crippen molar-refractivity contribution in [2.45, 2.75) is 26.4 Å². The number of rotatable bonds is 3. The molecule has 1 aliphatic rings. The molecule has 0 aliphatic carbocycles. The van der Waals surface area contributed by atoms with Gasteiger partial charge in [0, 0.05) is 26.2 Å². The maximum atomic E-state index is 12.1. The second-order valence-electron chi connectivity index (χ2n) is 6.87. The largest absolute Gasteiger partial charge is 0.444 e. The number of aromatic amines is 1. The van der Waals surface area contributed by atoms with Gasteiger partial charge in [0.2, 0.25) is 11.9 Å². The molecule has 0 radical (unpaired) electrons. The van der Waals surface area contributed by atoms with Gasteiger partial charge in [-0.3, -0.25) is 10.1 Å². The van der Waals surface area contributed by atoms with E-state index in [9.17, 15) is 9.59 Å². The van der Waals surface area contributed by atoms with Gasteiger partial charge in [-0.2, -0.15) is 4.98 Å². The zero-order valence-electron chi connectivity index (χ0n) is 15.0. The molecule has 0 atom stereocenters. The van der Waals surface area contributed by atoms with Crippen molar-refractivity contribution in [1.82, 2.24) is 20.1 Å². The van der Waals surface area contributed by atoms with Gasteiger partial charge in [-0.05, 0) is 32.2 Å². The van der Waals surface area contributed by atoms with Crippen LogP contribution in [-0.2, 0) is 4.74 Å². The molecule has 1 aliphatic heterocycles. The number of hydrogen-bond donors (Lipinski definition) is 2. The number of amides is 2. The molecule has 2 aromatic heterocycles. The van der Waals surface area contributed by atoms with E-state index in [0.717, 1.165) is 0 Å². The predicted molar refractivity (Wildman–Crippen MR) is 98.7 cm³/mol. The fourth-order valence-electron chi connectivity index (χ4n) is 2.44. The zero-order valence-corrected chi connectivity index (χ0v) is 15.8. The highest BCUT2D eigenvalue weighted by Crippen LogP contribution is 2.16. The number of anilines is 2. The Morgan fingerprint density at radius 2 is 2.00 bits per heavy atom. The quantitative estimate of drug-likeness (QED) is 0.848. The van der Waals surface area contributed by atoms with Crippen LogP contribution >= 0.6 is 11.3 Å². The van der Waals surface area contributed by atoms with Crippen molar-refractivity contribution in [3.63, 3.8) is 0 Å². The predicted octanol–water partition coefficient (Wildman–Crippen LogP) is 2.18. The number of H-pyrrole nitrogens is 1. The van der Waals surface area contributed by atoms with E-state index < -0.39 is 5.60 Å². The van der Waals surface area contributed by atoms with Crippen LogP contribution in [0, 0.1) is 0 Å². The SMILES string of the molecule is CC(C)(C)OC(=O)N1CCN(c2n[nH]c(NC(=O)c3cccs3)n2)CC1. The minimum absolute atomic E-state index is 0.225. The number of ether oxygens (including phenoxy) is 1. The van der Waals surface area contributed by atoms with Crippen LogP contribution in [0.15, 0.2) is 17.5 Å². The number of nitrogens with zero attached hydrogens (tertiary/aromatic N) is 4. The molecule has 0 unspecified atom stereocenters. The lowest BCUT2D eigenvalue weighted by Crippen LogP contribution is -2.50. The number of carbonyl (C=O) groups excluding carboxylic acids is 2. The van der Waals surface area contributed by atoms with Crippen molar-refractivity contribution in [2.75, 3.05) is 36.4 Å². The molecule has 3 rings (SSSR count). The Hall–Kier alpha value is -2.62. The topological polar surface area (TPSA) is 103 Å². The van der Waals surface area contributed by atoms with E-state index in [1.54, 1.807) is 11.0 Å². The first-order valence-electron chi connectivity index (χ1n) is 8.32. The van der Waals surface area contributed by atoms with Gasteiger partial charge in [-0.25, -0.2) is 9.89 Å². The third-order valence-electron chi connectivity index (χ3n) is 3.66. The van der Waals surface area contributed by atoms with Gasteiger partial charge in [0.25, 0.3) is 5.91 Å². The first-order chi connectivity index (χ1) is 12.3. The summed E-state index contributed by atoms with van der Waals surface area (Å²) in [6, 6.07) is 3.56. The molecule has 2 N–H and O–H groups in total. The Bertz CT molecular complexity index is 759. The Labute approximate surface area is 155 Å². The standard InChI is InChI=1S/C16H22N6O3S/c1-16(2,3)25-15(24)22-8-6-21(7-9-22)14-18-13(19-20-14)17-12(23)11-5-4-10-26-11/h4-5,10H,6-9H2,1-3H3,(H2,17,18,19,20,23). The highest BCUT2D eigenvalue weighted by atomic mass is 32.1. The summed E-state index contributed by atoms with van der Waals surface area (Å²) in [6.45, 7) is 7.79. The van der Waals surface area contributed by atoms with Gasteiger partial charge in [-0.15, -0.1) is 16.4 Å². The zero-order chi connectivity index (χ0) is 18.7. The summed E-state index contributed by atoms with van der Waals surface area (Å²) in [5.74, 6) is 0.570. The van der Waals surface area contributed by atoms with E-state index in [4.69, 9.17) is 4.74 Å². The number of nitrogens with one attached hydrogen (secondary N) is 2. The second kappa shape index (κ2) is 7.32. The van der Waals surface area contributed by atoms with Gasteiger partial charge in [0.1, 0.15) is 5.60 Å². The highest BCUT2D eigenvalue weighted by Gasteiger charge is 2.27. The average molecular weight is 378 g/mol. The molecule has 3 heterocycles. The summed E-state index contributed by atoms with van der Waals surface area (Å²) in [5, 5.41) is 11.4. The normalized spacial score (nSPS) is 15.0. The molecule has 1 saturated heterocycles. The van der Waals surface area contributed by atoms with Crippen LogP contribution in [0.5, 0.6) is 0 Å². The van der Waals surface area contributed by atoms with Gasteiger partial charge < -0.3 is 14.5 Å². The van der Waals surface area contributed by atoms with Crippen molar-refractivity contribution in [3.8, 4) is 0 Å². The summed E-state index contributed by atoms with van der Waals surface area (Å²) < 4.78 is 5.39. The molecule has 10 heteroatoms. The summed E-state index contributed by atoms with van der Waals surface area (Å²) in [6.07, 6.45) is -0.309. The number of piperazine rings is 1. The van der Waals surface area contributed by atoms with Gasteiger partial charge in [0.15, 0.2) is 0 Å². The van der Waals surface area contributed by atoms with Gasteiger partial charge in [-0.1, -0.05) is 6.07 Å². The molecule has 26 heavy (non-hydrogen) atoms. The number of thiophene rings is 1. The van der Waals surface area contributed by atoms with Crippen molar-refractivity contribution in [2.24, 2.45) is 0 Å². The number of hydrogen-bond acceptors (Lipinski definition) is 7. The van der Waals surface area contributed by atoms with Crippen LogP contribution in [0.25, 0.3) is 0 Å². The Kier molecular flexibility index (Phi) is 5.12. The number of aromatic nitrogens is 3. The average Bonchev–Trinajstić information content (AvgIpc) is 3.25. The molecule has 0 bridgehead atoms. The summed E-state index contributed by atoms with van der Waals surface area (Å²) in [5.41, 5.74) is -0.506. The third kappa shape index (κ3) is 4.51. The molecule has 1 fully saturated rings. The van der Waals surface area contributed by atoms with Crippen LogP contribution in [0.2, 0.25) is 0 Å². The van der Waals surface area contributed by atoms with Gasteiger partial charge in [0.05, 0.1) is 4.88 Å².